The summed E-state index contributed by atoms with van der Waals surface area (Å²) in [5, 5.41) is 0. The molecule has 4 heteroatoms. The highest BCUT2D eigenvalue weighted by Gasteiger charge is 2.17. The first-order valence-corrected chi connectivity index (χ1v) is 7.97. The van der Waals surface area contributed by atoms with Crippen LogP contribution in [0.3, 0.4) is 0 Å². The Labute approximate surface area is 134 Å². The van der Waals surface area contributed by atoms with E-state index < -0.39 is 0 Å². The quantitative estimate of drug-likeness (QED) is 0.776. The van der Waals surface area contributed by atoms with Crippen LogP contribution in [0.4, 0.5) is 5.69 Å². The van der Waals surface area contributed by atoms with Gasteiger partial charge in [0.05, 0.1) is 0 Å². The number of rotatable bonds is 7. The topological polar surface area (TPSA) is 40.6 Å². The first kappa shape index (κ1) is 18.2. The maximum absolute atomic E-state index is 12.5. The molecule has 0 N–H and O–H groups in total. The Morgan fingerprint density at radius 1 is 1.23 bits per heavy atom. The fraction of sp³-hybridized carbons (Fsp3) is 0.556. The third kappa shape index (κ3) is 5.51. The molecule has 0 atom stereocenters. The van der Waals surface area contributed by atoms with Crippen LogP contribution >= 0.6 is 0 Å². The molecular weight excluding hydrogens is 276 g/mol. The minimum Gasteiger partial charge on any atom is -0.342 e. The molecule has 0 spiro atoms. The van der Waals surface area contributed by atoms with E-state index in [4.69, 9.17) is 0 Å². The number of anilines is 1. The van der Waals surface area contributed by atoms with E-state index >= 15 is 0 Å². The van der Waals surface area contributed by atoms with Gasteiger partial charge in [0.1, 0.15) is 0 Å². The summed E-state index contributed by atoms with van der Waals surface area (Å²) in [6.07, 6.45) is 0.355. The van der Waals surface area contributed by atoms with Gasteiger partial charge < -0.3 is 9.80 Å². The zero-order valence-corrected chi connectivity index (χ0v) is 14.4. The molecule has 4 nitrogen and oxygen atoms in total. The van der Waals surface area contributed by atoms with Crippen LogP contribution < -0.4 is 4.90 Å². The van der Waals surface area contributed by atoms with E-state index in [9.17, 15) is 9.59 Å². The van der Waals surface area contributed by atoms with Crippen molar-refractivity contribution in [1.29, 1.82) is 0 Å². The van der Waals surface area contributed by atoms with Crippen molar-refractivity contribution in [2.45, 2.75) is 41.0 Å². The number of hydrogen-bond donors (Lipinski definition) is 0. The second-order valence-electron chi connectivity index (χ2n) is 6.09. The number of amides is 2. The summed E-state index contributed by atoms with van der Waals surface area (Å²) >= 11 is 0. The molecule has 0 aliphatic rings. The number of aryl methyl sites for hydroxylation is 1. The van der Waals surface area contributed by atoms with E-state index in [-0.39, 0.29) is 11.8 Å². The van der Waals surface area contributed by atoms with E-state index in [1.807, 2.05) is 38.1 Å². The molecule has 122 valence electrons. The van der Waals surface area contributed by atoms with Crippen LogP contribution in [0.5, 0.6) is 0 Å². The zero-order chi connectivity index (χ0) is 16.7. The van der Waals surface area contributed by atoms with Crippen molar-refractivity contribution in [1.82, 2.24) is 4.90 Å². The number of carbonyl (C=O) groups excluding carboxylic acids is 2. The minimum absolute atomic E-state index is 0.0279. The van der Waals surface area contributed by atoms with E-state index in [1.165, 1.54) is 0 Å². The Kier molecular flexibility index (Phi) is 7.09. The number of carbonyl (C=O) groups is 2. The highest BCUT2D eigenvalue weighted by molar-refractivity contribution is 5.93. The molecule has 0 aliphatic carbocycles. The Morgan fingerprint density at radius 3 is 2.41 bits per heavy atom. The summed E-state index contributed by atoms with van der Waals surface area (Å²) in [7, 11) is 0. The third-order valence-electron chi connectivity index (χ3n) is 3.56. The molecule has 0 radical (unpaired) electrons. The predicted molar refractivity (Wildman–Crippen MR) is 90.9 cm³/mol. The number of benzene rings is 1. The van der Waals surface area contributed by atoms with Gasteiger partial charge in [0.25, 0.3) is 0 Å². The SMILES string of the molecule is CCN(C(=O)CCN(CC(C)C)C(C)=O)c1cccc(C)c1. The maximum atomic E-state index is 12.5. The van der Waals surface area contributed by atoms with E-state index in [0.717, 1.165) is 11.3 Å². The van der Waals surface area contributed by atoms with Crippen molar-refractivity contribution in [3.63, 3.8) is 0 Å². The molecule has 22 heavy (non-hydrogen) atoms. The van der Waals surface area contributed by atoms with E-state index in [0.29, 0.717) is 32.0 Å². The first-order valence-electron chi connectivity index (χ1n) is 7.97. The molecule has 0 saturated heterocycles. The summed E-state index contributed by atoms with van der Waals surface area (Å²) < 4.78 is 0. The molecule has 0 heterocycles. The smallest absolute Gasteiger partial charge is 0.228 e. The lowest BCUT2D eigenvalue weighted by atomic mass is 10.2. The Hall–Kier alpha value is -1.84. The molecule has 0 aliphatic heterocycles. The second-order valence-corrected chi connectivity index (χ2v) is 6.09. The Balaban J connectivity index is 2.71. The Bertz CT molecular complexity index is 512. The van der Waals surface area contributed by atoms with Crippen molar-refractivity contribution in [2.24, 2.45) is 5.92 Å². The lowest BCUT2D eigenvalue weighted by molar-refractivity contribution is -0.130. The van der Waals surface area contributed by atoms with Crippen molar-refractivity contribution in [3.05, 3.63) is 29.8 Å². The van der Waals surface area contributed by atoms with Gasteiger partial charge in [-0.3, -0.25) is 9.59 Å². The standard InChI is InChI=1S/C18H28N2O2/c1-6-20(17-9-7-8-15(4)12-17)18(22)10-11-19(16(5)21)13-14(2)3/h7-9,12,14H,6,10-11,13H2,1-5H3. The van der Waals surface area contributed by atoms with Gasteiger partial charge in [-0.05, 0) is 37.5 Å². The lowest BCUT2D eigenvalue weighted by Gasteiger charge is -2.26. The van der Waals surface area contributed by atoms with Gasteiger partial charge in [-0.1, -0.05) is 26.0 Å². The molecule has 0 fully saturated rings. The van der Waals surface area contributed by atoms with Crippen molar-refractivity contribution in [3.8, 4) is 0 Å². The third-order valence-corrected chi connectivity index (χ3v) is 3.56. The van der Waals surface area contributed by atoms with Crippen LogP contribution in [-0.2, 0) is 9.59 Å². The van der Waals surface area contributed by atoms with Gasteiger partial charge >= 0.3 is 0 Å². The lowest BCUT2D eigenvalue weighted by Crippen LogP contribution is -2.37. The second kappa shape index (κ2) is 8.57. The van der Waals surface area contributed by atoms with Gasteiger partial charge in [-0.15, -0.1) is 0 Å². The van der Waals surface area contributed by atoms with Gasteiger partial charge in [-0.2, -0.15) is 0 Å². The molecule has 1 aromatic carbocycles. The monoisotopic (exact) mass is 304 g/mol. The predicted octanol–water partition coefficient (Wildman–Crippen LogP) is 3.24. The molecule has 1 rings (SSSR count). The van der Waals surface area contributed by atoms with Gasteiger partial charge in [-0.25, -0.2) is 0 Å². The molecule has 0 bridgehead atoms. The highest BCUT2D eigenvalue weighted by atomic mass is 16.2. The summed E-state index contributed by atoms with van der Waals surface area (Å²) in [6, 6.07) is 7.94. The van der Waals surface area contributed by atoms with Crippen LogP contribution in [-0.4, -0.2) is 36.3 Å². The fourth-order valence-electron chi connectivity index (χ4n) is 2.48. The summed E-state index contributed by atoms with van der Waals surface area (Å²) in [5.74, 6) is 0.487. The van der Waals surface area contributed by atoms with Crippen molar-refractivity contribution in [2.75, 3.05) is 24.5 Å². The van der Waals surface area contributed by atoms with Gasteiger partial charge in [0.2, 0.25) is 11.8 Å². The zero-order valence-electron chi connectivity index (χ0n) is 14.4. The maximum Gasteiger partial charge on any atom is 0.228 e. The Morgan fingerprint density at radius 2 is 1.91 bits per heavy atom. The largest absolute Gasteiger partial charge is 0.342 e. The van der Waals surface area contributed by atoms with Gasteiger partial charge in [0, 0.05) is 38.7 Å². The summed E-state index contributed by atoms with van der Waals surface area (Å²) in [4.78, 5) is 27.7. The first-order chi connectivity index (χ1) is 10.3. The van der Waals surface area contributed by atoms with Crippen LogP contribution in [0.2, 0.25) is 0 Å². The van der Waals surface area contributed by atoms with Crippen LogP contribution in [0.15, 0.2) is 24.3 Å². The fourth-order valence-corrected chi connectivity index (χ4v) is 2.48. The molecule has 0 aromatic heterocycles. The van der Waals surface area contributed by atoms with Crippen LogP contribution in [0.1, 0.15) is 39.7 Å². The summed E-state index contributed by atoms with van der Waals surface area (Å²) in [5.41, 5.74) is 2.06. The van der Waals surface area contributed by atoms with Crippen molar-refractivity contribution >= 4 is 17.5 Å². The number of nitrogens with zero attached hydrogens (tertiary/aromatic N) is 2. The van der Waals surface area contributed by atoms with E-state index in [2.05, 4.69) is 13.8 Å². The molecule has 1 aromatic rings. The molecule has 0 saturated carbocycles. The van der Waals surface area contributed by atoms with Crippen molar-refractivity contribution < 1.29 is 9.59 Å². The van der Waals surface area contributed by atoms with E-state index in [1.54, 1.807) is 16.7 Å². The normalized spacial score (nSPS) is 10.6. The molecule has 2 amide bonds. The average molecular weight is 304 g/mol. The minimum atomic E-state index is 0.0279. The molecule has 0 unspecified atom stereocenters. The van der Waals surface area contributed by atoms with Crippen LogP contribution in [0.25, 0.3) is 0 Å². The van der Waals surface area contributed by atoms with Crippen LogP contribution in [0, 0.1) is 12.8 Å². The van der Waals surface area contributed by atoms with Gasteiger partial charge in [0.15, 0.2) is 0 Å². The highest BCUT2D eigenvalue weighted by Crippen LogP contribution is 2.17. The number of hydrogen-bond acceptors (Lipinski definition) is 2. The average Bonchev–Trinajstić information content (AvgIpc) is 2.43. The summed E-state index contributed by atoms with van der Waals surface area (Å²) in [6.45, 7) is 11.5. The molecular formula is C18H28N2O2.